The minimum atomic E-state index is -0.648. The van der Waals surface area contributed by atoms with E-state index in [1.165, 1.54) is 0 Å². The average molecular weight is 961 g/mol. The number of methoxy groups -OCH3 is 1. The summed E-state index contributed by atoms with van der Waals surface area (Å²) in [6.45, 7) is 17.7. The predicted molar refractivity (Wildman–Crippen MR) is 276 cm³/mol. The Bertz CT molecular complexity index is 2760. The number of nitrogens with one attached hydrogen (secondary N) is 2. The number of piperazine rings is 2. The van der Waals surface area contributed by atoms with E-state index in [1.807, 2.05) is 139 Å². The first-order valence-corrected chi connectivity index (χ1v) is 24.8. The molecule has 4 amide bonds. The molecule has 0 radical (unpaired) electrons. The summed E-state index contributed by atoms with van der Waals surface area (Å²) in [5.41, 5.74) is 7.99. The summed E-state index contributed by atoms with van der Waals surface area (Å²) < 4.78 is 17.4. The van der Waals surface area contributed by atoms with E-state index in [0.717, 1.165) is 67.5 Å². The van der Waals surface area contributed by atoms with Crippen LogP contribution in [0.15, 0.2) is 130 Å². The van der Waals surface area contributed by atoms with Crippen LogP contribution in [0.1, 0.15) is 69.4 Å². The number of ether oxygens (including phenoxy) is 1. The fraction of sp³-hybridized carbons (Fsp3) is 0.379. The van der Waals surface area contributed by atoms with Crippen LogP contribution in [0.25, 0.3) is 34.0 Å². The number of hydrogen-bond acceptors (Lipinski definition) is 9. The Morgan fingerprint density at radius 3 is 1.56 bits per heavy atom. The van der Waals surface area contributed by atoms with Crippen LogP contribution in [-0.4, -0.2) is 101 Å². The van der Waals surface area contributed by atoms with Crippen LogP contribution in [0.2, 0.25) is 0 Å². The zero-order chi connectivity index (χ0) is 50.3. The first-order chi connectivity index (χ1) is 34.1. The normalized spacial score (nSPS) is 18.7. The monoisotopic (exact) mass is 961 g/mol. The Labute approximate surface area is 418 Å². The number of nitrogens with zero attached hydrogens (tertiary/aromatic N) is 4. The Morgan fingerprint density at radius 2 is 1.07 bits per heavy atom. The largest absolute Gasteiger partial charge is 0.497 e. The highest BCUT2D eigenvalue weighted by Gasteiger charge is 2.41. The number of aryl methyl sites for hydroxylation is 1. The van der Waals surface area contributed by atoms with Crippen molar-refractivity contribution < 1.29 is 32.7 Å². The molecule has 2 N–H and O–H groups in total. The molecule has 2 fully saturated rings. The summed E-state index contributed by atoms with van der Waals surface area (Å²) in [4.78, 5) is 63.0. The number of carbonyl (C=O) groups excluding carboxylic acids is 4. The molecule has 13 heteroatoms. The van der Waals surface area contributed by atoms with Gasteiger partial charge in [0.1, 0.15) is 35.1 Å². The molecule has 0 spiro atoms. The van der Waals surface area contributed by atoms with Crippen LogP contribution in [0.5, 0.6) is 5.75 Å². The van der Waals surface area contributed by atoms with Gasteiger partial charge in [-0.1, -0.05) is 100 Å². The van der Waals surface area contributed by atoms with Crippen molar-refractivity contribution in [1.29, 1.82) is 0 Å². The maximum absolute atomic E-state index is 14.0. The van der Waals surface area contributed by atoms with Crippen LogP contribution in [0, 0.1) is 18.8 Å². The number of rotatable bonds is 16. The highest BCUT2D eigenvalue weighted by atomic mass is 16.5. The first kappa shape index (κ1) is 50.4. The van der Waals surface area contributed by atoms with E-state index in [0.29, 0.717) is 52.4 Å². The van der Waals surface area contributed by atoms with Gasteiger partial charge in [-0.05, 0) is 91.1 Å². The van der Waals surface area contributed by atoms with E-state index in [-0.39, 0.29) is 47.5 Å². The molecule has 8 rings (SSSR count). The summed E-state index contributed by atoms with van der Waals surface area (Å²) in [7, 11) is 1.65. The summed E-state index contributed by atoms with van der Waals surface area (Å²) in [6.07, 6.45) is 1.65. The van der Waals surface area contributed by atoms with E-state index in [4.69, 9.17) is 13.6 Å². The average Bonchev–Trinajstić information content (AvgIpc) is 4.10. The van der Waals surface area contributed by atoms with Crippen molar-refractivity contribution in [3.63, 3.8) is 0 Å². The molecule has 4 atom stereocenters. The highest BCUT2D eigenvalue weighted by Crippen LogP contribution is 2.33. The zero-order valence-electron chi connectivity index (χ0n) is 42.3. The maximum atomic E-state index is 14.0. The Balaban J connectivity index is 0.898. The molecule has 0 saturated carbocycles. The molecule has 2 aliphatic heterocycles. The molecule has 4 heterocycles. The van der Waals surface area contributed by atoms with Gasteiger partial charge in [0.25, 0.3) is 0 Å². The van der Waals surface area contributed by atoms with E-state index in [9.17, 15) is 19.2 Å². The van der Waals surface area contributed by atoms with Crippen LogP contribution >= 0.6 is 0 Å². The minimum absolute atomic E-state index is 0.0222. The van der Waals surface area contributed by atoms with Crippen LogP contribution in [-0.2, 0) is 45.4 Å². The summed E-state index contributed by atoms with van der Waals surface area (Å²) in [6, 6.07) is 36.4. The number of carbonyl (C=O) groups is 4. The van der Waals surface area contributed by atoms with Crippen LogP contribution in [0.4, 0.5) is 0 Å². The molecule has 4 unspecified atom stereocenters. The lowest BCUT2D eigenvalue weighted by molar-refractivity contribution is -0.150. The molecule has 13 nitrogen and oxygen atoms in total. The lowest BCUT2D eigenvalue weighted by atomic mass is 10.00. The van der Waals surface area contributed by atoms with Gasteiger partial charge in [0.15, 0.2) is 0 Å². The fourth-order valence-electron chi connectivity index (χ4n) is 9.91. The second-order valence-electron chi connectivity index (χ2n) is 19.9. The van der Waals surface area contributed by atoms with Crippen molar-refractivity contribution in [1.82, 2.24) is 30.2 Å². The Hall–Kier alpha value is -6.96. The Kier molecular flexibility index (Phi) is 15.9. The maximum Gasteiger partial charge on any atom is 0.244 e. The number of furan rings is 2. The van der Waals surface area contributed by atoms with E-state index >= 15 is 0 Å². The molecule has 2 aliphatic rings. The van der Waals surface area contributed by atoms with Crippen molar-refractivity contribution in [2.24, 2.45) is 11.8 Å². The van der Waals surface area contributed by atoms with Gasteiger partial charge in [-0.2, -0.15) is 0 Å². The first-order valence-electron chi connectivity index (χ1n) is 24.8. The molecular weight excluding hydrogens is 893 g/mol. The van der Waals surface area contributed by atoms with Gasteiger partial charge in [0, 0.05) is 93.0 Å². The van der Waals surface area contributed by atoms with Gasteiger partial charge in [0.05, 0.1) is 13.4 Å². The molecule has 372 valence electrons. The van der Waals surface area contributed by atoms with E-state index in [2.05, 4.69) is 45.6 Å². The summed E-state index contributed by atoms with van der Waals surface area (Å²) >= 11 is 0. The molecule has 71 heavy (non-hydrogen) atoms. The van der Waals surface area contributed by atoms with Crippen molar-refractivity contribution in [3.05, 3.63) is 149 Å². The van der Waals surface area contributed by atoms with Crippen LogP contribution < -0.4 is 15.4 Å². The van der Waals surface area contributed by atoms with Crippen molar-refractivity contribution >= 4 is 23.6 Å². The molecule has 2 aromatic heterocycles. The van der Waals surface area contributed by atoms with Gasteiger partial charge >= 0.3 is 0 Å². The summed E-state index contributed by atoms with van der Waals surface area (Å²) in [5, 5.41) is 6.26. The van der Waals surface area contributed by atoms with Gasteiger partial charge in [-0.25, -0.2) is 0 Å². The molecule has 0 aliphatic carbocycles. The van der Waals surface area contributed by atoms with Gasteiger partial charge in [0.2, 0.25) is 23.6 Å². The lowest BCUT2D eigenvalue weighted by Crippen LogP contribution is -2.64. The third-order valence-corrected chi connectivity index (χ3v) is 13.7. The SMILES string of the molecule is COc1ccc(CN2CC(C)N(C(=O)C(C)C)C(C(=O)NCc3ccc(-c4ccc(-c5cc(CN6CC(C)N(C(=O)C(C)C)C(C(=O)NCc7ccc(-c8ccco8)cc7)C6)ccc5C)o4)cc3)C2)cc1. The number of hydrogen-bond donors (Lipinski definition) is 2. The number of amides is 4. The number of benzene rings is 4. The third kappa shape index (κ3) is 12.0. The van der Waals surface area contributed by atoms with Gasteiger partial charge < -0.3 is 34.0 Å². The van der Waals surface area contributed by atoms with Crippen molar-refractivity contribution in [2.45, 2.75) is 98.8 Å². The second kappa shape index (κ2) is 22.4. The molecule has 2 saturated heterocycles. The molecule has 0 bridgehead atoms. The Morgan fingerprint density at radius 1 is 0.592 bits per heavy atom. The fourth-order valence-corrected chi connectivity index (χ4v) is 9.91. The lowest BCUT2D eigenvalue weighted by Gasteiger charge is -2.45. The molecular formula is C58H68N6O7. The summed E-state index contributed by atoms with van der Waals surface area (Å²) in [5.74, 6) is 2.17. The van der Waals surface area contributed by atoms with Crippen LogP contribution in [0.3, 0.4) is 0 Å². The molecule has 4 aromatic carbocycles. The second-order valence-corrected chi connectivity index (χ2v) is 19.9. The zero-order valence-corrected chi connectivity index (χ0v) is 42.3. The molecule has 6 aromatic rings. The van der Waals surface area contributed by atoms with Crippen molar-refractivity contribution in [2.75, 3.05) is 33.3 Å². The van der Waals surface area contributed by atoms with Gasteiger partial charge in [-0.3, -0.25) is 29.0 Å². The smallest absolute Gasteiger partial charge is 0.244 e. The van der Waals surface area contributed by atoms with Gasteiger partial charge in [-0.15, -0.1) is 0 Å². The standard InChI is InChI=1S/C58H68N6O7/c1-37(2)57(67)63-40(6)31-61(33-44-17-23-48(69-8)24-18-44)35-50(63)55(65)60-30-43-15-21-47(22-16-43)53-25-26-54(71-53)49-28-45(12-11-39(49)5)34-62-32-41(7)64(58(68)38(3)4)51(36-62)56(66)59-29-42-13-19-46(20-14-42)52-10-9-27-70-52/h9-28,37-38,40-41,50-51H,29-36H2,1-8H3,(H,59,66)(H,60,65). The van der Waals surface area contributed by atoms with E-state index in [1.54, 1.807) is 23.2 Å². The minimum Gasteiger partial charge on any atom is -0.497 e. The predicted octanol–water partition coefficient (Wildman–Crippen LogP) is 8.94. The topological polar surface area (TPSA) is 141 Å². The quantitative estimate of drug-likeness (QED) is 0.0973. The highest BCUT2D eigenvalue weighted by molar-refractivity contribution is 5.90. The van der Waals surface area contributed by atoms with E-state index < -0.39 is 12.1 Å². The third-order valence-electron chi connectivity index (χ3n) is 13.7. The van der Waals surface area contributed by atoms with Crippen molar-refractivity contribution in [3.8, 4) is 39.7 Å².